The summed E-state index contributed by atoms with van der Waals surface area (Å²) in [5, 5.41) is 14.3. The molecule has 0 fully saturated rings. The lowest BCUT2D eigenvalue weighted by Gasteiger charge is -2.08. The Balaban J connectivity index is 2.12. The summed E-state index contributed by atoms with van der Waals surface area (Å²) in [5.41, 5.74) is 3.11. The first-order valence-electron chi connectivity index (χ1n) is 7.08. The van der Waals surface area contributed by atoms with Crippen molar-refractivity contribution in [2.75, 3.05) is 0 Å². The summed E-state index contributed by atoms with van der Waals surface area (Å²) in [7, 11) is 0. The van der Waals surface area contributed by atoms with E-state index in [1.807, 2.05) is 12.3 Å². The van der Waals surface area contributed by atoms with Crippen LogP contribution in [0, 0.1) is 17.0 Å². The number of hydrogen-bond acceptors (Lipinski definition) is 3. The summed E-state index contributed by atoms with van der Waals surface area (Å²) in [6.07, 6.45) is 4.09. The molecule has 112 valence electrons. The number of nitrogens with one attached hydrogen (secondary N) is 1. The summed E-state index contributed by atoms with van der Waals surface area (Å²) in [6, 6.07) is 7.75. The van der Waals surface area contributed by atoms with E-state index < -0.39 is 0 Å². The van der Waals surface area contributed by atoms with Crippen molar-refractivity contribution in [3.8, 4) is 0 Å². The van der Waals surface area contributed by atoms with Gasteiger partial charge in [0, 0.05) is 43.2 Å². The number of nitrogens with zero attached hydrogens (tertiary/aromatic N) is 2. The highest BCUT2D eigenvalue weighted by molar-refractivity contribution is 5.44. The highest BCUT2D eigenvalue weighted by Gasteiger charge is 2.13. The molecule has 2 rings (SSSR count). The van der Waals surface area contributed by atoms with Crippen molar-refractivity contribution in [1.29, 1.82) is 0 Å². The lowest BCUT2D eigenvalue weighted by molar-refractivity contribution is -0.385. The minimum absolute atomic E-state index is 0.182. The summed E-state index contributed by atoms with van der Waals surface area (Å²) >= 11 is 0. The molecular formula is C16H21N3O2. The number of nitro benzene ring substituents is 1. The third kappa shape index (κ3) is 3.92. The summed E-state index contributed by atoms with van der Waals surface area (Å²) in [5.74, 6) is 0. The molecule has 0 radical (unpaired) electrons. The first kappa shape index (κ1) is 15.3. The van der Waals surface area contributed by atoms with Crippen molar-refractivity contribution < 1.29 is 4.92 Å². The number of nitro groups is 1. The molecule has 0 saturated heterocycles. The molecule has 0 saturated carbocycles. The van der Waals surface area contributed by atoms with Crippen molar-refractivity contribution in [3.05, 3.63) is 63.5 Å². The molecule has 2 aromatic rings. The summed E-state index contributed by atoms with van der Waals surface area (Å²) in [6.45, 7) is 7.51. The first-order chi connectivity index (χ1) is 9.97. The van der Waals surface area contributed by atoms with Crippen LogP contribution in [0.15, 0.2) is 36.7 Å². The molecule has 1 aromatic carbocycles. The normalized spacial score (nSPS) is 11.0. The van der Waals surface area contributed by atoms with Crippen LogP contribution in [0.1, 0.15) is 30.5 Å². The quantitative estimate of drug-likeness (QED) is 0.655. The van der Waals surface area contributed by atoms with E-state index in [0.717, 1.165) is 17.7 Å². The highest BCUT2D eigenvalue weighted by atomic mass is 16.6. The van der Waals surface area contributed by atoms with Gasteiger partial charge < -0.3 is 9.88 Å². The lowest BCUT2D eigenvalue weighted by Crippen LogP contribution is -2.21. The predicted molar refractivity (Wildman–Crippen MR) is 83.3 cm³/mol. The fourth-order valence-corrected chi connectivity index (χ4v) is 2.25. The van der Waals surface area contributed by atoms with Crippen LogP contribution in [-0.2, 0) is 13.1 Å². The van der Waals surface area contributed by atoms with Gasteiger partial charge in [-0.2, -0.15) is 0 Å². The summed E-state index contributed by atoms with van der Waals surface area (Å²) < 4.78 is 2.06. The van der Waals surface area contributed by atoms with Gasteiger partial charge >= 0.3 is 0 Å². The molecule has 0 unspecified atom stereocenters. The van der Waals surface area contributed by atoms with E-state index in [1.165, 1.54) is 5.56 Å². The van der Waals surface area contributed by atoms with Crippen LogP contribution in [0.5, 0.6) is 0 Å². The third-order valence-electron chi connectivity index (χ3n) is 3.49. The molecule has 1 N–H and O–H groups in total. The van der Waals surface area contributed by atoms with E-state index in [1.54, 1.807) is 19.1 Å². The van der Waals surface area contributed by atoms with E-state index in [-0.39, 0.29) is 10.6 Å². The fourth-order valence-electron chi connectivity index (χ4n) is 2.25. The van der Waals surface area contributed by atoms with Gasteiger partial charge in [0.25, 0.3) is 5.69 Å². The largest absolute Gasteiger partial charge is 0.350 e. The molecule has 0 aliphatic heterocycles. The second-order valence-electron chi connectivity index (χ2n) is 5.55. The second-order valence-corrected chi connectivity index (χ2v) is 5.55. The van der Waals surface area contributed by atoms with Gasteiger partial charge in [-0.05, 0) is 24.1 Å². The Hall–Kier alpha value is -2.14. The smallest absolute Gasteiger partial charge is 0.272 e. The Morgan fingerprint density at radius 3 is 2.76 bits per heavy atom. The van der Waals surface area contributed by atoms with Crippen molar-refractivity contribution >= 4 is 5.69 Å². The van der Waals surface area contributed by atoms with Gasteiger partial charge in [0.2, 0.25) is 0 Å². The van der Waals surface area contributed by atoms with E-state index in [2.05, 4.69) is 36.0 Å². The summed E-state index contributed by atoms with van der Waals surface area (Å²) in [4.78, 5) is 10.6. The monoisotopic (exact) mass is 287 g/mol. The second kappa shape index (κ2) is 6.54. The third-order valence-corrected chi connectivity index (χ3v) is 3.49. The maximum atomic E-state index is 11.0. The molecule has 5 heteroatoms. The molecule has 0 spiro atoms. The van der Waals surface area contributed by atoms with Crippen molar-refractivity contribution in [1.82, 2.24) is 9.88 Å². The van der Waals surface area contributed by atoms with Crippen molar-refractivity contribution in [3.63, 3.8) is 0 Å². The first-order valence-corrected chi connectivity index (χ1v) is 7.08. The Morgan fingerprint density at radius 1 is 1.33 bits per heavy atom. The number of rotatable bonds is 6. The molecule has 1 aromatic heterocycles. The molecular weight excluding hydrogens is 266 g/mol. The number of aromatic nitrogens is 1. The standard InChI is InChI=1S/C16H21N3O2/c1-12(2)17-9-14-7-8-18(10-14)11-15-5-4-6-16(13(15)3)19(20)21/h4-8,10,12,17H,9,11H2,1-3H3. The van der Waals surface area contributed by atoms with Gasteiger partial charge in [0.15, 0.2) is 0 Å². The van der Waals surface area contributed by atoms with Crippen molar-refractivity contribution in [2.45, 2.75) is 39.9 Å². The Bertz CT molecular complexity index is 632. The topological polar surface area (TPSA) is 60.1 Å². The average Bonchev–Trinajstić information content (AvgIpc) is 2.86. The van der Waals surface area contributed by atoms with E-state index in [0.29, 0.717) is 12.6 Å². The number of hydrogen-bond donors (Lipinski definition) is 1. The fraction of sp³-hybridized carbons (Fsp3) is 0.375. The van der Waals surface area contributed by atoms with Gasteiger partial charge in [-0.1, -0.05) is 26.0 Å². The molecule has 5 nitrogen and oxygen atoms in total. The van der Waals surface area contributed by atoms with Gasteiger partial charge in [-0.3, -0.25) is 10.1 Å². The van der Waals surface area contributed by atoms with Crippen LogP contribution in [0.2, 0.25) is 0 Å². The van der Waals surface area contributed by atoms with Crippen LogP contribution in [0.4, 0.5) is 5.69 Å². The average molecular weight is 287 g/mol. The maximum absolute atomic E-state index is 11.0. The van der Waals surface area contributed by atoms with Gasteiger partial charge in [0.05, 0.1) is 4.92 Å². The van der Waals surface area contributed by atoms with Crippen LogP contribution in [-0.4, -0.2) is 15.5 Å². The highest BCUT2D eigenvalue weighted by Crippen LogP contribution is 2.22. The predicted octanol–water partition coefficient (Wildman–Crippen LogP) is 3.25. The molecule has 0 bridgehead atoms. The Morgan fingerprint density at radius 2 is 2.10 bits per heavy atom. The zero-order chi connectivity index (χ0) is 15.4. The van der Waals surface area contributed by atoms with Crippen LogP contribution >= 0.6 is 0 Å². The Labute approximate surface area is 124 Å². The molecule has 0 amide bonds. The molecule has 1 heterocycles. The zero-order valence-corrected chi connectivity index (χ0v) is 12.7. The van der Waals surface area contributed by atoms with E-state index >= 15 is 0 Å². The lowest BCUT2D eigenvalue weighted by atomic mass is 10.1. The van der Waals surface area contributed by atoms with Crippen LogP contribution in [0.3, 0.4) is 0 Å². The molecule has 21 heavy (non-hydrogen) atoms. The van der Waals surface area contributed by atoms with Crippen LogP contribution in [0.25, 0.3) is 0 Å². The zero-order valence-electron chi connectivity index (χ0n) is 12.7. The molecule has 0 atom stereocenters. The minimum atomic E-state index is -0.327. The Kier molecular flexibility index (Phi) is 4.75. The molecule has 0 aliphatic rings. The van der Waals surface area contributed by atoms with Gasteiger partial charge in [0.1, 0.15) is 0 Å². The van der Waals surface area contributed by atoms with Crippen LogP contribution < -0.4 is 5.32 Å². The maximum Gasteiger partial charge on any atom is 0.272 e. The molecule has 0 aliphatic carbocycles. The number of benzene rings is 1. The SMILES string of the molecule is Cc1c(Cn2ccc(CNC(C)C)c2)cccc1[N+](=O)[O-]. The van der Waals surface area contributed by atoms with Gasteiger partial charge in [-0.25, -0.2) is 0 Å². The van der Waals surface area contributed by atoms with Gasteiger partial charge in [-0.15, -0.1) is 0 Å². The minimum Gasteiger partial charge on any atom is -0.350 e. The van der Waals surface area contributed by atoms with E-state index in [4.69, 9.17) is 0 Å². The van der Waals surface area contributed by atoms with E-state index in [9.17, 15) is 10.1 Å². The van der Waals surface area contributed by atoms with Crippen molar-refractivity contribution in [2.24, 2.45) is 0 Å².